The summed E-state index contributed by atoms with van der Waals surface area (Å²) in [6, 6.07) is 6.82. The molecule has 0 heterocycles. The van der Waals surface area contributed by atoms with Gasteiger partial charge in [-0.2, -0.15) is 5.26 Å². The van der Waals surface area contributed by atoms with Crippen molar-refractivity contribution in [1.82, 2.24) is 10.0 Å². The Morgan fingerprint density at radius 3 is 2.53 bits per heavy atom. The largest absolute Gasteiger partial charge is 0.313 e. The molecule has 0 aliphatic heterocycles. The molecule has 6 heteroatoms. The van der Waals surface area contributed by atoms with Crippen LogP contribution in [0, 0.1) is 18.3 Å². The zero-order valence-corrected chi connectivity index (χ0v) is 12.2. The molecule has 19 heavy (non-hydrogen) atoms. The molecule has 0 saturated carbocycles. The lowest BCUT2D eigenvalue weighted by molar-refractivity contribution is 0.559. The molecular formula is C13H19N3O2S. The molecule has 0 amide bonds. The molecule has 0 aromatic heterocycles. The summed E-state index contributed by atoms with van der Waals surface area (Å²) in [5.41, 5.74) is 1.14. The predicted molar refractivity (Wildman–Crippen MR) is 74.2 cm³/mol. The van der Waals surface area contributed by atoms with E-state index < -0.39 is 10.0 Å². The smallest absolute Gasteiger partial charge is 0.240 e. The molecule has 0 saturated heterocycles. The Morgan fingerprint density at radius 2 is 2.00 bits per heavy atom. The van der Waals surface area contributed by atoms with Gasteiger partial charge in [-0.05, 0) is 30.7 Å². The fourth-order valence-electron chi connectivity index (χ4n) is 1.56. The first-order chi connectivity index (χ1) is 8.86. The highest BCUT2D eigenvalue weighted by Gasteiger charge is 2.14. The highest BCUT2D eigenvalue weighted by Crippen LogP contribution is 2.14. The zero-order chi connectivity index (χ0) is 14.5. The third-order valence-electron chi connectivity index (χ3n) is 2.60. The Kier molecular flexibility index (Phi) is 5.48. The van der Waals surface area contributed by atoms with E-state index in [2.05, 4.69) is 10.0 Å². The van der Waals surface area contributed by atoms with Crippen LogP contribution in [0.2, 0.25) is 0 Å². The predicted octanol–water partition coefficient (Wildman–Crippen LogP) is 1.14. The number of aryl methyl sites for hydroxylation is 1. The fraction of sp³-hybridized carbons (Fsp3) is 0.462. The van der Waals surface area contributed by atoms with Gasteiger partial charge in [-0.1, -0.05) is 13.8 Å². The second kappa shape index (κ2) is 6.66. The van der Waals surface area contributed by atoms with Crippen LogP contribution in [0.4, 0.5) is 0 Å². The molecule has 2 N–H and O–H groups in total. The molecule has 0 aliphatic rings. The van der Waals surface area contributed by atoms with Crippen LogP contribution in [0.5, 0.6) is 0 Å². The lowest BCUT2D eigenvalue weighted by atomic mass is 10.1. The zero-order valence-electron chi connectivity index (χ0n) is 11.4. The Morgan fingerprint density at radius 1 is 1.32 bits per heavy atom. The summed E-state index contributed by atoms with van der Waals surface area (Å²) in [6.45, 7) is 6.63. The van der Waals surface area contributed by atoms with Crippen molar-refractivity contribution < 1.29 is 8.42 Å². The van der Waals surface area contributed by atoms with Crippen molar-refractivity contribution >= 4 is 10.0 Å². The Balaban J connectivity index is 2.73. The van der Waals surface area contributed by atoms with Crippen molar-refractivity contribution in [3.8, 4) is 6.07 Å². The van der Waals surface area contributed by atoms with E-state index in [1.54, 1.807) is 6.92 Å². The van der Waals surface area contributed by atoms with Crippen LogP contribution >= 0.6 is 0 Å². The van der Waals surface area contributed by atoms with E-state index in [9.17, 15) is 8.42 Å². The molecule has 0 unspecified atom stereocenters. The third-order valence-corrected chi connectivity index (χ3v) is 4.06. The van der Waals surface area contributed by atoms with Crippen LogP contribution in [-0.2, 0) is 10.0 Å². The van der Waals surface area contributed by atoms with Gasteiger partial charge in [0.25, 0.3) is 0 Å². The average molecular weight is 281 g/mol. The standard InChI is InChI=1S/C13H19N3O2S/c1-10(2)15-6-7-16-19(17,18)13-5-4-12(9-14)11(3)8-13/h4-5,8,10,15-16H,6-7H2,1-3H3. The van der Waals surface area contributed by atoms with Crippen LogP contribution in [0.1, 0.15) is 25.0 Å². The normalized spacial score (nSPS) is 11.5. The summed E-state index contributed by atoms with van der Waals surface area (Å²) < 4.78 is 26.5. The van der Waals surface area contributed by atoms with Gasteiger partial charge in [-0.3, -0.25) is 0 Å². The number of rotatable bonds is 6. The van der Waals surface area contributed by atoms with Gasteiger partial charge in [0.15, 0.2) is 0 Å². The summed E-state index contributed by atoms with van der Waals surface area (Å²) in [4.78, 5) is 0.188. The van der Waals surface area contributed by atoms with E-state index in [0.29, 0.717) is 30.3 Å². The van der Waals surface area contributed by atoms with E-state index in [0.717, 1.165) is 0 Å². The van der Waals surface area contributed by atoms with Gasteiger partial charge < -0.3 is 5.32 Å². The second-order valence-electron chi connectivity index (χ2n) is 4.60. The second-order valence-corrected chi connectivity index (χ2v) is 6.36. The summed E-state index contributed by atoms with van der Waals surface area (Å²) in [7, 11) is -3.51. The number of nitrogens with one attached hydrogen (secondary N) is 2. The summed E-state index contributed by atoms with van der Waals surface area (Å²) >= 11 is 0. The van der Waals surface area contributed by atoms with Crippen molar-refractivity contribution in [2.45, 2.75) is 31.7 Å². The van der Waals surface area contributed by atoms with E-state index in [1.807, 2.05) is 19.9 Å². The summed E-state index contributed by atoms with van der Waals surface area (Å²) in [6.07, 6.45) is 0. The Hall–Kier alpha value is -1.42. The molecule has 0 aliphatic carbocycles. The molecule has 0 fully saturated rings. The Labute approximate surface area is 114 Å². The third kappa shape index (κ3) is 4.63. The van der Waals surface area contributed by atoms with Crippen LogP contribution in [0.15, 0.2) is 23.1 Å². The molecule has 1 aromatic rings. The summed E-state index contributed by atoms with van der Waals surface area (Å²) in [5.74, 6) is 0. The topological polar surface area (TPSA) is 82.0 Å². The molecular weight excluding hydrogens is 262 g/mol. The highest BCUT2D eigenvalue weighted by atomic mass is 32.2. The van der Waals surface area contributed by atoms with Crippen LogP contribution in [0.25, 0.3) is 0 Å². The first kappa shape index (κ1) is 15.6. The maximum atomic E-state index is 12.0. The summed E-state index contributed by atoms with van der Waals surface area (Å²) in [5, 5.41) is 11.9. The van der Waals surface area contributed by atoms with E-state index >= 15 is 0 Å². The van der Waals surface area contributed by atoms with Crippen LogP contribution in [-0.4, -0.2) is 27.5 Å². The highest BCUT2D eigenvalue weighted by molar-refractivity contribution is 7.89. The van der Waals surface area contributed by atoms with Gasteiger partial charge in [0, 0.05) is 19.1 Å². The first-order valence-corrected chi connectivity index (χ1v) is 7.59. The van der Waals surface area contributed by atoms with Crippen molar-refractivity contribution in [1.29, 1.82) is 5.26 Å². The van der Waals surface area contributed by atoms with E-state index in [4.69, 9.17) is 5.26 Å². The fourth-order valence-corrected chi connectivity index (χ4v) is 2.67. The quantitative estimate of drug-likeness (QED) is 0.766. The average Bonchev–Trinajstić information content (AvgIpc) is 2.34. The number of benzene rings is 1. The number of hydrogen-bond acceptors (Lipinski definition) is 4. The maximum Gasteiger partial charge on any atom is 0.240 e. The molecule has 0 atom stereocenters. The SMILES string of the molecule is Cc1cc(S(=O)(=O)NCCNC(C)C)ccc1C#N. The van der Waals surface area contributed by atoms with Crippen LogP contribution < -0.4 is 10.0 Å². The molecule has 0 spiro atoms. The molecule has 1 rings (SSSR count). The number of sulfonamides is 1. The van der Waals surface area contributed by atoms with E-state index in [1.165, 1.54) is 18.2 Å². The van der Waals surface area contributed by atoms with Gasteiger partial charge in [0.05, 0.1) is 16.5 Å². The Bertz CT molecular complexity index is 574. The van der Waals surface area contributed by atoms with E-state index in [-0.39, 0.29) is 4.90 Å². The van der Waals surface area contributed by atoms with Gasteiger partial charge in [-0.25, -0.2) is 13.1 Å². The number of nitrogens with zero attached hydrogens (tertiary/aromatic N) is 1. The minimum absolute atomic E-state index is 0.188. The van der Waals surface area contributed by atoms with Crippen molar-refractivity contribution in [2.24, 2.45) is 0 Å². The number of hydrogen-bond donors (Lipinski definition) is 2. The van der Waals surface area contributed by atoms with Crippen molar-refractivity contribution in [3.63, 3.8) is 0 Å². The maximum absolute atomic E-state index is 12.0. The lowest BCUT2D eigenvalue weighted by Crippen LogP contribution is -2.34. The molecule has 104 valence electrons. The first-order valence-electron chi connectivity index (χ1n) is 6.10. The molecule has 0 bridgehead atoms. The number of nitriles is 1. The molecule has 0 radical (unpaired) electrons. The minimum atomic E-state index is -3.51. The van der Waals surface area contributed by atoms with Crippen molar-refractivity contribution in [2.75, 3.05) is 13.1 Å². The van der Waals surface area contributed by atoms with Gasteiger partial charge in [-0.15, -0.1) is 0 Å². The van der Waals surface area contributed by atoms with Gasteiger partial charge in [0.1, 0.15) is 0 Å². The van der Waals surface area contributed by atoms with Gasteiger partial charge in [0.2, 0.25) is 10.0 Å². The van der Waals surface area contributed by atoms with Gasteiger partial charge >= 0.3 is 0 Å². The monoisotopic (exact) mass is 281 g/mol. The minimum Gasteiger partial charge on any atom is -0.313 e. The van der Waals surface area contributed by atoms with Crippen LogP contribution in [0.3, 0.4) is 0 Å². The van der Waals surface area contributed by atoms with Crippen molar-refractivity contribution in [3.05, 3.63) is 29.3 Å². The lowest BCUT2D eigenvalue weighted by Gasteiger charge is -2.10. The molecule has 1 aromatic carbocycles. The molecule has 5 nitrogen and oxygen atoms in total.